The largest absolute Gasteiger partial charge is 0.392 e. The van der Waals surface area contributed by atoms with Crippen molar-refractivity contribution in [2.45, 2.75) is 50.2 Å². The van der Waals surface area contributed by atoms with Gasteiger partial charge < -0.3 is 10.4 Å². The number of rotatable bonds is 4. The van der Waals surface area contributed by atoms with Crippen LogP contribution in [0.4, 0.5) is 5.69 Å². The standard InChI is InChI=1S/C15H22N2O4S/c1-11(18)15-5-3-4-10-17(15)22(20,21)14-8-6-13(7-9-14)16-12(2)19/h6-9,11,15,18H,3-5,10H2,1-2H3,(H,16,19)/t11-,15-/m0/s1. The highest BCUT2D eigenvalue weighted by Gasteiger charge is 2.35. The van der Waals surface area contributed by atoms with Gasteiger partial charge in [-0.1, -0.05) is 6.42 Å². The number of carbonyl (C=O) groups excluding carboxylic acids is 1. The molecule has 0 unspecified atom stereocenters. The van der Waals surface area contributed by atoms with Crippen molar-refractivity contribution in [3.63, 3.8) is 0 Å². The van der Waals surface area contributed by atoms with Crippen LogP contribution in [0.5, 0.6) is 0 Å². The molecule has 1 aliphatic rings. The summed E-state index contributed by atoms with van der Waals surface area (Å²) in [6.07, 6.45) is 1.69. The van der Waals surface area contributed by atoms with Crippen LogP contribution in [0, 0.1) is 0 Å². The third-order valence-electron chi connectivity index (χ3n) is 3.84. The summed E-state index contributed by atoms with van der Waals surface area (Å²) in [6, 6.07) is 5.71. The maximum absolute atomic E-state index is 12.8. The lowest BCUT2D eigenvalue weighted by Crippen LogP contribution is -2.48. The van der Waals surface area contributed by atoms with Gasteiger partial charge in [-0.15, -0.1) is 0 Å². The van der Waals surface area contributed by atoms with E-state index in [1.165, 1.54) is 23.4 Å². The number of piperidine rings is 1. The summed E-state index contributed by atoms with van der Waals surface area (Å²) in [7, 11) is -3.64. The fourth-order valence-corrected chi connectivity index (χ4v) is 4.52. The predicted molar refractivity (Wildman–Crippen MR) is 84.0 cm³/mol. The first-order valence-corrected chi connectivity index (χ1v) is 8.84. The summed E-state index contributed by atoms with van der Waals surface area (Å²) in [5.41, 5.74) is 0.553. The van der Waals surface area contributed by atoms with E-state index in [-0.39, 0.29) is 16.8 Å². The molecule has 2 rings (SSSR count). The molecule has 22 heavy (non-hydrogen) atoms. The molecule has 0 spiro atoms. The first-order valence-electron chi connectivity index (χ1n) is 7.40. The Labute approximate surface area is 131 Å². The summed E-state index contributed by atoms with van der Waals surface area (Å²) in [5.74, 6) is -0.208. The van der Waals surface area contributed by atoms with Crippen LogP contribution in [-0.4, -0.2) is 42.4 Å². The molecule has 0 radical (unpaired) electrons. The van der Waals surface area contributed by atoms with Gasteiger partial charge in [0.05, 0.1) is 17.0 Å². The highest BCUT2D eigenvalue weighted by Crippen LogP contribution is 2.27. The van der Waals surface area contributed by atoms with Gasteiger partial charge in [-0.25, -0.2) is 8.42 Å². The monoisotopic (exact) mass is 326 g/mol. The highest BCUT2D eigenvalue weighted by molar-refractivity contribution is 7.89. The molecule has 1 aromatic carbocycles. The fraction of sp³-hybridized carbons (Fsp3) is 0.533. The number of carbonyl (C=O) groups is 1. The second kappa shape index (κ2) is 6.76. The molecular formula is C15H22N2O4S. The number of amides is 1. The maximum Gasteiger partial charge on any atom is 0.243 e. The third kappa shape index (κ3) is 3.66. The van der Waals surface area contributed by atoms with Crippen molar-refractivity contribution in [2.75, 3.05) is 11.9 Å². The fourth-order valence-electron chi connectivity index (χ4n) is 2.76. The van der Waals surface area contributed by atoms with E-state index in [0.29, 0.717) is 18.7 Å². The van der Waals surface area contributed by atoms with Crippen molar-refractivity contribution in [1.29, 1.82) is 0 Å². The second-order valence-corrected chi connectivity index (χ2v) is 7.52. The average Bonchev–Trinajstić information content (AvgIpc) is 2.47. The molecule has 0 saturated carbocycles. The molecule has 1 aliphatic heterocycles. The van der Waals surface area contributed by atoms with E-state index >= 15 is 0 Å². The van der Waals surface area contributed by atoms with E-state index in [9.17, 15) is 18.3 Å². The van der Waals surface area contributed by atoms with Crippen molar-refractivity contribution >= 4 is 21.6 Å². The van der Waals surface area contributed by atoms with E-state index in [0.717, 1.165) is 12.8 Å². The van der Waals surface area contributed by atoms with Crippen molar-refractivity contribution in [3.8, 4) is 0 Å². The Morgan fingerprint density at radius 1 is 1.32 bits per heavy atom. The molecule has 1 amide bonds. The minimum atomic E-state index is -3.64. The zero-order valence-electron chi connectivity index (χ0n) is 12.8. The number of benzene rings is 1. The molecule has 6 nitrogen and oxygen atoms in total. The van der Waals surface area contributed by atoms with Crippen LogP contribution < -0.4 is 5.32 Å². The Morgan fingerprint density at radius 2 is 1.95 bits per heavy atom. The van der Waals surface area contributed by atoms with Crippen LogP contribution in [0.25, 0.3) is 0 Å². The highest BCUT2D eigenvalue weighted by atomic mass is 32.2. The van der Waals surface area contributed by atoms with Gasteiger partial charge in [0, 0.05) is 19.2 Å². The van der Waals surface area contributed by atoms with Crippen molar-refractivity contribution < 1.29 is 18.3 Å². The van der Waals surface area contributed by atoms with Gasteiger partial charge in [-0.2, -0.15) is 4.31 Å². The van der Waals surface area contributed by atoms with Gasteiger partial charge in [-0.3, -0.25) is 4.79 Å². The molecule has 0 aromatic heterocycles. The molecule has 7 heteroatoms. The number of hydrogen-bond donors (Lipinski definition) is 2. The quantitative estimate of drug-likeness (QED) is 0.879. The Hall–Kier alpha value is -1.44. The predicted octanol–water partition coefficient (Wildman–Crippen LogP) is 1.57. The van der Waals surface area contributed by atoms with Crippen molar-refractivity contribution in [3.05, 3.63) is 24.3 Å². The molecule has 1 saturated heterocycles. The van der Waals surface area contributed by atoms with Gasteiger partial charge >= 0.3 is 0 Å². The number of nitrogens with one attached hydrogen (secondary N) is 1. The van der Waals surface area contributed by atoms with Gasteiger partial charge in [-0.05, 0) is 44.0 Å². The number of aliphatic hydroxyl groups is 1. The second-order valence-electron chi connectivity index (χ2n) is 5.63. The third-order valence-corrected chi connectivity index (χ3v) is 5.78. The van der Waals surface area contributed by atoms with E-state index in [1.807, 2.05) is 0 Å². The summed E-state index contributed by atoms with van der Waals surface area (Å²) in [5, 5.41) is 12.5. The SMILES string of the molecule is CC(=O)Nc1ccc(S(=O)(=O)N2CCCC[C@H]2[C@H](C)O)cc1. The molecule has 2 N–H and O–H groups in total. The van der Waals surface area contributed by atoms with Crippen LogP contribution in [0.2, 0.25) is 0 Å². The van der Waals surface area contributed by atoms with E-state index < -0.39 is 16.1 Å². The zero-order chi connectivity index (χ0) is 16.3. The smallest absolute Gasteiger partial charge is 0.243 e. The Balaban J connectivity index is 2.26. The topological polar surface area (TPSA) is 86.7 Å². The summed E-state index contributed by atoms with van der Waals surface area (Å²) >= 11 is 0. The minimum absolute atomic E-state index is 0.175. The lowest BCUT2D eigenvalue weighted by Gasteiger charge is -2.36. The van der Waals surface area contributed by atoms with Gasteiger partial charge in [0.15, 0.2) is 0 Å². The van der Waals surface area contributed by atoms with Crippen LogP contribution >= 0.6 is 0 Å². The average molecular weight is 326 g/mol. The Kier molecular flexibility index (Phi) is 5.20. The van der Waals surface area contributed by atoms with E-state index in [4.69, 9.17) is 0 Å². The normalized spacial score (nSPS) is 21.3. The molecule has 1 aromatic rings. The number of hydrogen-bond acceptors (Lipinski definition) is 4. The van der Waals surface area contributed by atoms with E-state index in [2.05, 4.69) is 5.32 Å². The first kappa shape index (κ1) is 16.9. The molecule has 2 atom stereocenters. The summed E-state index contributed by atoms with van der Waals surface area (Å²) in [6.45, 7) is 3.44. The Bertz CT molecular complexity index is 625. The number of aliphatic hydroxyl groups excluding tert-OH is 1. The molecule has 0 aliphatic carbocycles. The molecular weight excluding hydrogens is 304 g/mol. The lowest BCUT2D eigenvalue weighted by atomic mass is 10.0. The molecule has 122 valence electrons. The van der Waals surface area contributed by atoms with Crippen LogP contribution in [0.15, 0.2) is 29.2 Å². The number of sulfonamides is 1. The lowest BCUT2D eigenvalue weighted by molar-refractivity contribution is -0.114. The van der Waals surface area contributed by atoms with Gasteiger partial charge in [0.2, 0.25) is 15.9 Å². The maximum atomic E-state index is 12.8. The summed E-state index contributed by atoms with van der Waals surface area (Å²) in [4.78, 5) is 11.2. The van der Waals surface area contributed by atoms with Crippen LogP contribution in [-0.2, 0) is 14.8 Å². The number of nitrogens with zero attached hydrogens (tertiary/aromatic N) is 1. The number of anilines is 1. The van der Waals surface area contributed by atoms with Gasteiger partial charge in [0.25, 0.3) is 0 Å². The van der Waals surface area contributed by atoms with E-state index in [1.54, 1.807) is 19.1 Å². The van der Waals surface area contributed by atoms with Gasteiger partial charge in [0.1, 0.15) is 0 Å². The van der Waals surface area contributed by atoms with Crippen molar-refractivity contribution in [2.24, 2.45) is 0 Å². The minimum Gasteiger partial charge on any atom is -0.392 e. The first-order chi connectivity index (χ1) is 10.3. The summed E-state index contributed by atoms with van der Waals surface area (Å²) < 4.78 is 26.9. The molecule has 1 fully saturated rings. The van der Waals surface area contributed by atoms with Crippen LogP contribution in [0.3, 0.4) is 0 Å². The molecule has 1 heterocycles. The molecule has 0 bridgehead atoms. The Morgan fingerprint density at radius 3 is 2.50 bits per heavy atom. The van der Waals surface area contributed by atoms with Crippen LogP contribution in [0.1, 0.15) is 33.1 Å². The van der Waals surface area contributed by atoms with Crippen molar-refractivity contribution in [1.82, 2.24) is 4.31 Å². The zero-order valence-corrected chi connectivity index (χ0v) is 13.6.